The number of hydrogen-bond donors (Lipinski definition) is 1. The Bertz CT molecular complexity index is 660. The van der Waals surface area contributed by atoms with Gasteiger partial charge in [-0.2, -0.15) is 0 Å². The molecule has 84 valence electrons. The zero-order valence-electron chi connectivity index (χ0n) is 8.61. The minimum Gasteiger partial charge on any atom is -0.337 e. The molecule has 0 aliphatic carbocycles. The fourth-order valence-electron chi connectivity index (χ4n) is 1.67. The average Bonchev–Trinajstić information content (AvgIpc) is 2.72. The molecule has 0 saturated heterocycles. The highest BCUT2D eigenvalue weighted by Crippen LogP contribution is 2.24. The van der Waals surface area contributed by atoms with Crippen molar-refractivity contribution in [3.05, 3.63) is 46.9 Å². The highest BCUT2D eigenvalue weighted by Gasteiger charge is 2.10. The van der Waals surface area contributed by atoms with Crippen molar-refractivity contribution in [1.82, 2.24) is 15.0 Å². The number of benzene rings is 1. The van der Waals surface area contributed by atoms with Crippen molar-refractivity contribution in [2.24, 2.45) is 0 Å². The lowest BCUT2D eigenvalue weighted by molar-refractivity contribution is 0.629. The standard InChI is InChI=1S/C12H7BrFN3/c13-7-1-2-8(9(14)5-7)12-16-10-3-4-15-6-11(10)17-12/h1-6H,(H,16,17). The molecule has 1 aromatic carbocycles. The van der Waals surface area contributed by atoms with Crippen molar-refractivity contribution in [1.29, 1.82) is 0 Å². The van der Waals surface area contributed by atoms with E-state index in [4.69, 9.17) is 0 Å². The Morgan fingerprint density at radius 3 is 2.88 bits per heavy atom. The second kappa shape index (κ2) is 3.92. The molecule has 3 nitrogen and oxygen atoms in total. The first kappa shape index (κ1) is 10.4. The van der Waals surface area contributed by atoms with Crippen LogP contribution in [0.1, 0.15) is 0 Å². The van der Waals surface area contributed by atoms with Gasteiger partial charge in [-0.15, -0.1) is 0 Å². The van der Waals surface area contributed by atoms with Crippen LogP contribution in [-0.2, 0) is 0 Å². The predicted molar refractivity (Wildman–Crippen MR) is 67.0 cm³/mol. The summed E-state index contributed by atoms with van der Waals surface area (Å²) in [4.78, 5) is 11.3. The van der Waals surface area contributed by atoms with E-state index >= 15 is 0 Å². The summed E-state index contributed by atoms with van der Waals surface area (Å²) in [6, 6.07) is 6.67. The van der Waals surface area contributed by atoms with E-state index in [1.807, 2.05) is 0 Å². The first-order valence-electron chi connectivity index (χ1n) is 4.99. The van der Waals surface area contributed by atoms with Gasteiger partial charge in [0.15, 0.2) is 0 Å². The van der Waals surface area contributed by atoms with E-state index in [0.717, 1.165) is 11.0 Å². The van der Waals surface area contributed by atoms with E-state index < -0.39 is 0 Å². The van der Waals surface area contributed by atoms with Gasteiger partial charge in [-0.25, -0.2) is 9.37 Å². The van der Waals surface area contributed by atoms with E-state index in [9.17, 15) is 4.39 Å². The molecule has 5 heteroatoms. The van der Waals surface area contributed by atoms with Crippen LogP contribution >= 0.6 is 15.9 Å². The van der Waals surface area contributed by atoms with Gasteiger partial charge < -0.3 is 4.98 Å². The highest BCUT2D eigenvalue weighted by atomic mass is 79.9. The monoisotopic (exact) mass is 291 g/mol. The third-order valence-corrected chi connectivity index (χ3v) is 2.96. The number of aromatic amines is 1. The van der Waals surface area contributed by atoms with Crippen LogP contribution in [0, 0.1) is 5.82 Å². The van der Waals surface area contributed by atoms with Gasteiger partial charge in [-0.3, -0.25) is 4.98 Å². The molecule has 2 heterocycles. The molecule has 2 aromatic heterocycles. The first-order chi connectivity index (χ1) is 8.24. The fraction of sp³-hybridized carbons (Fsp3) is 0. The van der Waals surface area contributed by atoms with Gasteiger partial charge in [0.1, 0.15) is 11.6 Å². The number of H-pyrrole nitrogens is 1. The SMILES string of the molecule is Fc1cc(Br)ccc1-c1nc2ccncc2[nH]1. The van der Waals surface area contributed by atoms with E-state index in [1.54, 1.807) is 30.6 Å². The number of nitrogens with one attached hydrogen (secondary N) is 1. The predicted octanol–water partition coefficient (Wildman–Crippen LogP) is 3.53. The van der Waals surface area contributed by atoms with Gasteiger partial charge in [0.25, 0.3) is 0 Å². The summed E-state index contributed by atoms with van der Waals surface area (Å²) in [7, 11) is 0. The lowest BCUT2D eigenvalue weighted by Gasteiger charge is -1.99. The van der Waals surface area contributed by atoms with Crippen molar-refractivity contribution in [2.45, 2.75) is 0 Å². The van der Waals surface area contributed by atoms with Crippen molar-refractivity contribution in [3.8, 4) is 11.4 Å². The molecule has 3 rings (SSSR count). The highest BCUT2D eigenvalue weighted by molar-refractivity contribution is 9.10. The molecule has 0 unspecified atom stereocenters. The number of halogens is 2. The third kappa shape index (κ3) is 1.82. The minimum absolute atomic E-state index is 0.314. The maximum absolute atomic E-state index is 13.8. The summed E-state index contributed by atoms with van der Waals surface area (Å²) < 4.78 is 14.5. The van der Waals surface area contributed by atoms with Crippen LogP contribution in [0.3, 0.4) is 0 Å². The Morgan fingerprint density at radius 1 is 1.24 bits per heavy atom. The zero-order valence-corrected chi connectivity index (χ0v) is 10.2. The second-order valence-electron chi connectivity index (χ2n) is 3.60. The van der Waals surface area contributed by atoms with Crippen LogP contribution in [0.2, 0.25) is 0 Å². The zero-order chi connectivity index (χ0) is 11.8. The van der Waals surface area contributed by atoms with Gasteiger partial charge in [-0.1, -0.05) is 15.9 Å². The minimum atomic E-state index is -0.314. The topological polar surface area (TPSA) is 41.6 Å². The second-order valence-corrected chi connectivity index (χ2v) is 4.52. The number of rotatable bonds is 1. The maximum atomic E-state index is 13.8. The van der Waals surface area contributed by atoms with E-state index in [2.05, 4.69) is 30.9 Å². The van der Waals surface area contributed by atoms with E-state index in [0.29, 0.717) is 15.9 Å². The molecule has 0 spiro atoms. The van der Waals surface area contributed by atoms with Gasteiger partial charge in [0, 0.05) is 10.7 Å². The number of aromatic nitrogens is 3. The normalized spacial score (nSPS) is 10.9. The van der Waals surface area contributed by atoms with Crippen LogP contribution in [0.15, 0.2) is 41.1 Å². The number of imidazole rings is 1. The summed E-state index contributed by atoms with van der Waals surface area (Å²) in [5.74, 6) is 0.199. The average molecular weight is 292 g/mol. The Kier molecular flexibility index (Phi) is 2.40. The summed E-state index contributed by atoms with van der Waals surface area (Å²) in [5, 5.41) is 0. The molecule has 0 bridgehead atoms. The number of hydrogen-bond acceptors (Lipinski definition) is 2. The van der Waals surface area contributed by atoms with Crippen molar-refractivity contribution < 1.29 is 4.39 Å². The maximum Gasteiger partial charge on any atom is 0.141 e. The molecular weight excluding hydrogens is 285 g/mol. The number of pyridine rings is 1. The summed E-state index contributed by atoms with van der Waals surface area (Å²) in [5.41, 5.74) is 2.02. The molecule has 0 radical (unpaired) electrons. The molecule has 0 atom stereocenters. The quantitative estimate of drug-likeness (QED) is 0.745. The first-order valence-corrected chi connectivity index (χ1v) is 5.78. The molecule has 1 N–H and O–H groups in total. The van der Waals surface area contributed by atoms with E-state index in [-0.39, 0.29) is 5.82 Å². The van der Waals surface area contributed by atoms with Crippen LogP contribution in [-0.4, -0.2) is 15.0 Å². The Labute approximate surface area is 105 Å². The van der Waals surface area contributed by atoms with Crippen molar-refractivity contribution in [3.63, 3.8) is 0 Å². The van der Waals surface area contributed by atoms with Crippen LogP contribution in [0.4, 0.5) is 4.39 Å². The van der Waals surface area contributed by atoms with Crippen LogP contribution in [0.25, 0.3) is 22.4 Å². The fourth-order valence-corrected chi connectivity index (χ4v) is 2.00. The molecule has 0 saturated carbocycles. The smallest absolute Gasteiger partial charge is 0.141 e. The van der Waals surface area contributed by atoms with Crippen LogP contribution in [0.5, 0.6) is 0 Å². The van der Waals surface area contributed by atoms with Gasteiger partial charge in [0.2, 0.25) is 0 Å². The Morgan fingerprint density at radius 2 is 2.12 bits per heavy atom. The molecule has 0 fully saturated rings. The lowest BCUT2D eigenvalue weighted by Crippen LogP contribution is -1.86. The molecule has 3 aromatic rings. The molecule has 17 heavy (non-hydrogen) atoms. The number of nitrogens with zero attached hydrogens (tertiary/aromatic N) is 2. The lowest BCUT2D eigenvalue weighted by atomic mass is 10.2. The van der Waals surface area contributed by atoms with Gasteiger partial charge >= 0.3 is 0 Å². The summed E-state index contributed by atoms with van der Waals surface area (Å²) in [6.07, 6.45) is 3.33. The largest absolute Gasteiger partial charge is 0.337 e. The number of fused-ring (bicyclic) bond motifs is 1. The Balaban J connectivity index is 2.20. The summed E-state index contributed by atoms with van der Waals surface area (Å²) >= 11 is 3.22. The third-order valence-electron chi connectivity index (χ3n) is 2.47. The van der Waals surface area contributed by atoms with Gasteiger partial charge in [0.05, 0.1) is 22.8 Å². The molecular formula is C12H7BrFN3. The van der Waals surface area contributed by atoms with Gasteiger partial charge in [-0.05, 0) is 24.3 Å². The molecule has 0 amide bonds. The van der Waals surface area contributed by atoms with Crippen molar-refractivity contribution >= 4 is 27.0 Å². The van der Waals surface area contributed by atoms with Crippen LogP contribution < -0.4 is 0 Å². The molecule has 0 aliphatic rings. The van der Waals surface area contributed by atoms with E-state index in [1.165, 1.54) is 6.07 Å². The Hall–Kier alpha value is -1.75. The van der Waals surface area contributed by atoms with Crippen molar-refractivity contribution in [2.75, 3.05) is 0 Å². The summed E-state index contributed by atoms with van der Waals surface area (Å²) in [6.45, 7) is 0. The molecule has 0 aliphatic heterocycles.